The van der Waals surface area contributed by atoms with Crippen molar-refractivity contribution >= 4 is 29.1 Å². The molecule has 0 fully saturated rings. The van der Waals surface area contributed by atoms with Crippen molar-refractivity contribution < 1.29 is 23.7 Å². The van der Waals surface area contributed by atoms with Crippen LogP contribution in [-0.2, 0) is 0 Å². The van der Waals surface area contributed by atoms with Crippen LogP contribution in [0.25, 0.3) is 6.08 Å². The number of carbonyl (C=O) groups excluding carboxylic acids is 1. The van der Waals surface area contributed by atoms with Crippen LogP contribution in [0.1, 0.15) is 22.8 Å². The first kappa shape index (κ1) is 19.9. The van der Waals surface area contributed by atoms with Crippen molar-refractivity contribution in [1.29, 1.82) is 0 Å². The minimum atomic E-state index is -0.299. The Balaban J connectivity index is 1.94. The Morgan fingerprint density at radius 3 is 2.71 bits per heavy atom. The third-order valence-corrected chi connectivity index (χ3v) is 4.51. The topological polar surface area (TPSA) is 57.2 Å². The zero-order chi connectivity index (χ0) is 20.3. The number of fused-ring (bicyclic) bond motifs is 1. The summed E-state index contributed by atoms with van der Waals surface area (Å²) < 4.78 is 21.8. The molecule has 148 valence electrons. The zero-order valence-electron chi connectivity index (χ0n) is 16.2. The minimum Gasteiger partial charge on any atom is -0.492 e. The van der Waals surface area contributed by atoms with Crippen LogP contribution in [0.3, 0.4) is 0 Å². The summed E-state index contributed by atoms with van der Waals surface area (Å²) in [6, 6.07) is 8.77. The molecule has 0 N–H and O–H groups in total. The van der Waals surface area contributed by atoms with Gasteiger partial charge in [-0.3, -0.25) is 4.79 Å². The van der Waals surface area contributed by atoms with Gasteiger partial charge in [-0.1, -0.05) is 11.6 Å². The highest BCUT2D eigenvalue weighted by atomic mass is 35.5. The second-order valence-corrected chi connectivity index (χ2v) is 6.66. The number of methoxy groups -OCH3 is 1. The first-order valence-corrected chi connectivity index (χ1v) is 9.16. The maximum absolute atomic E-state index is 12.9. The first-order valence-electron chi connectivity index (χ1n) is 8.79. The molecule has 0 amide bonds. The van der Waals surface area contributed by atoms with Crippen LogP contribution in [0.15, 0.2) is 35.4 Å². The number of nitrogens with zero attached hydrogens (tertiary/aromatic N) is 1. The smallest absolute Gasteiger partial charge is 0.231 e. The summed E-state index contributed by atoms with van der Waals surface area (Å²) in [5, 5.41) is 0.0611. The van der Waals surface area contributed by atoms with Gasteiger partial charge in [-0.15, -0.1) is 0 Å². The van der Waals surface area contributed by atoms with E-state index in [4.69, 9.17) is 30.5 Å². The van der Waals surface area contributed by atoms with Crippen molar-refractivity contribution in [3.63, 3.8) is 0 Å². The summed E-state index contributed by atoms with van der Waals surface area (Å²) >= 11 is 6.35. The van der Waals surface area contributed by atoms with Crippen LogP contribution in [0.5, 0.6) is 23.0 Å². The molecule has 0 aromatic heterocycles. The predicted molar refractivity (Wildman–Crippen MR) is 109 cm³/mol. The molecule has 6 nitrogen and oxygen atoms in total. The number of halogens is 1. The highest BCUT2D eigenvalue weighted by Gasteiger charge is 2.22. The molecule has 1 aliphatic heterocycles. The van der Waals surface area contributed by atoms with E-state index in [-0.39, 0.29) is 17.6 Å². The number of carbonyl (C=O) groups is 1. The fourth-order valence-electron chi connectivity index (χ4n) is 2.91. The molecular weight excluding hydrogens is 382 g/mol. The van der Waals surface area contributed by atoms with Crippen LogP contribution in [0.2, 0.25) is 0 Å². The molecule has 0 unspecified atom stereocenters. The number of Topliss-reactive ketones (excluding diaryl/α,β-unsaturated/α-hetero) is 1. The van der Waals surface area contributed by atoms with Crippen LogP contribution < -0.4 is 23.8 Å². The fraction of sp³-hybridized carbons (Fsp3) is 0.286. The van der Waals surface area contributed by atoms with Gasteiger partial charge >= 0.3 is 0 Å². The number of rotatable bonds is 7. The van der Waals surface area contributed by atoms with Crippen molar-refractivity contribution in [3.05, 3.63) is 46.5 Å². The van der Waals surface area contributed by atoms with E-state index in [2.05, 4.69) is 0 Å². The number of hydrogen-bond donors (Lipinski definition) is 0. The molecule has 2 aromatic carbocycles. The Hall–Kier alpha value is -2.86. The average Bonchev–Trinajstić information content (AvgIpc) is 3.16. The highest BCUT2D eigenvalue weighted by Crippen LogP contribution is 2.44. The van der Waals surface area contributed by atoms with Crippen LogP contribution in [0, 0.1) is 0 Å². The summed E-state index contributed by atoms with van der Waals surface area (Å²) in [6.45, 7) is 2.58. The Labute approximate surface area is 169 Å². The molecule has 0 saturated carbocycles. The molecule has 2 aromatic rings. The van der Waals surface area contributed by atoms with Crippen molar-refractivity contribution in [2.24, 2.45) is 0 Å². The lowest BCUT2D eigenvalue weighted by molar-refractivity contribution is 0.104. The number of benzene rings is 2. The summed E-state index contributed by atoms with van der Waals surface area (Å²) in [5.74, 6) is 1.98. The lowest BCUT2D eigenvalue weighted by Gasteiger charge is -2.18. The maximum atomic E-state index is 12.9. The molecule has 0 radical (unpaired) electrons. The minimum absolute atomic E-state index is 0.0611. The zero-order valence-corrected chi connectivity index (χ0v) is 17.0. The van der Waals surface area contributed by atoms with Gasteiger partial charge < -0.3 is 23.8 Å². The van der Waals surface area contributed by atoms with Crippen molar-refractivity contribution in [2.75, 3.05) is 39.5 Å². The number of ether oxygens (including phenoxy) is 4. The molecule has 0 bridgehead atoms. The lowest BCUT2D eigenvalue weighted by atomic mass is 10.1. The second kappa shape index (κ2) is 8.44. The van der Waals surface area contributed by atoms with E-state index in [1.807, 2.05) is 25.9 Å². The van der Waals surface area contributed by atoms with Crippen molar-refractivity contribution in [1.82, 2.24) is 0 Å². The Kier molecular flexibility index (Phi) is 5.99. The van der Waals surface area contributed by atoms with E-state index in [0.29, 0.717) is 40.7 Å². The molecule has 7 heteroatoms. The van der Waals surface area contributed by atoms with Gasteiger partial charge in [0.15, 0.2) is 11.5 Å². The highest BCUT2D eigenvalue weighted by molar-refractivity contribution is 6.47. The monoisotopic (exact) mass is 403 g/mol. The Bertz CT molecular complexity index is 923. The van der Waals surface area contributed by atoms with E-state index in [9.17, 15) is 4.79 Å². The standard InChI is InChI=1S/C21H22ClNO5/c1-5-26-17-8-6-13(11-16(17)23(2)3)19(24)15(22)10-14-7-9-18-21(20(14)25-4)28-12-27-18/h6-11H,5,12H2,1-4H3/b15-10+. The van der Waals surface area contributed by atoms with Gasteiger partial charge in [0.05, 0.1) is 24.4 Å². The third-order valence-electron chi connectivity index (χ3n) is 4.23. The van der Waals surface area contributed by atoms with Crippen LogP contribution >= 0.6 is 11.6 Å². The molecule has 0 aliphatic carbocycles. The Morgan fingerprint density at radius 1 is 1.25 bits per heavy atom. The van der Waals surface area contributed by atoms with E-state index in [1.165, 1.54) is 7.11 Å². The predicted octanol–water partition coefficient (Wildman–Crippen LogP) is 4.35. The maximum Gasteiger partial charge on any atom is 0.231 e. The van der Waals surface area contributed by atoms with E-state index in [0.717, 1.165) is 5.69 Å². The first-order chi connectivity index (χ1) is 13.5. The van der Waals surface area contributed by atoms with Gasteiger partial charge in [-0.25, -0.2) is 0 Å². The molecule has 0 spiro atoms. The van der Waals surface area contributed by atoms with Crippen molar-refractivity contribution in [2.45, 2.75) is 6.92 Å². The van der Waals surface area contributed by atoms with Gasteiger partial charge in [0, 0.05) is 25.2 Å². The normalized spacial score (nSPS) is 12.7. The van der Waals surface area contributed by atoms with Gasteiger partial charge in [-0.2, -0.15) is 0 Å². The molecule has 0 atom stereocenters. The second-order valence-electron chi connectivity index (χ2n) is 6.25. The molecule has 1 aliphatic rings. The van der Waals surface area contributed by atoms with Gasteiger partial charge in [0.1, 0.15) is 5.75 Å². The van der Waals surface area contributed by atoms with Gasteiger partial charge in [-0.05, 0) is 43.3 Å². The summed E-state index contributed by atoms with van der Waals surface area (Å²) in [6.07, 6.45) is 1.57. The number of anilines is 1. The average molecular weight is 404 g/mol. The van der Waals surface area contributed by atoms with Gasteiger partial charge in [0.2, 0.25) is 18.3 Å². The van der Waals surface area contributed by atoms with E-state index in [1.54, 1.807) is 36.4 Å². The largest absolute Gasteiger partial charge is 0.492 e. The number of hydrogen-bond acceptors (Lipinski definition) is 6. The van der Waals surface area contributed by atoms with E-state index >= 15 is 0 Å². The SMILES string of the molecule is CCOc1ccc(C(=O)/C(Cl)=C\c2ccc3c(c2OC)OCO3)cc1N(C)C. The molecular formula is C21H22ClNO5. The van der Waals surface area contributed by atoms with Gasteiger partial charge in [0.25, 0.3) is 0 Å². The molecule has 1 heterocycles. The Morgan fingerprint density at radius 2 is 2.04 bits per heavy atom. The molecule has 3 rings (SSSR count). The summed E-state index contributed by atoms with van der Waals surface area (Å²) in [5.41, 5.74) is 1.90. The third kappa shape index (κ3) is 3.87. The molecule has 28 heavy (non-hydrogen) atoms. The number of allylic oxidation sites excluding steroid dienone is 1. The van der Waals surface area contributed by atoms with Crippen LogP contribution in [-0.4, -0.2) is 40.4 Å². The number of ketones is 1. The summed E-state index contributed by atoms with van der Waals surface area (Å²) in [7, 11) is 5.31. The fourth-order valence-corrected chi connectivity index (χ4v) is 3.14. The van der Waals surface area contributed by atoms with Crippen LogP contribution in [0.4, 0.5) is 5.69 Å². The lowest BCUT2D eigenvalue weighted by Crippen LogP contribution is -2.12. The molecule has 0 saturated heterocycles. The van der Waals surface area contributed by atoms with Crippen molar-refractivity contribution in [3.8, 4) is 23.0 Å². The van der Waals surface area contributed by atoms with E-state index < -0.39 is 0 Å². The quantitative estimate of drug-likeness (QED) is 0.506. The summed E-state index contributed by atoms with van der Waals surface area (Å²) in [4.78, 5) is 14.8.